The Morgan fingerprint density at radius 1 is 1.15 bits per heavy atom. The van der Waals surface area contributed by atoms with E-state index in [1.165, 1.54) is 0 Å². The fourth-order valence-electron chi connectivity index (χ4n) is 1.62. The fraction of sp³-hybridized carbons (Fsp3) is 0.462. The second-order valence-electron chi connectivity index (χ2n) is 4.02. The normalized spacial score (nSPS) is 11.1. The molecule has 0 heterocycles. The summed E-state index contributed by atoms with van der Waals surface area (Å²) >= 11 is 0. The van der Waals surface area contributed by atoms with E-state index in [-0.39, 0.29) is 12.1 Å². The number of aliphatic imine (C=N–C) groups is 1. The van der Waals surface area contributed by atoms with Crippen molar-refractivity contribution in [1.82, 2.24) is 10.6 Å². The van der Waals surface area contributed by atoms with E-state index in [0.717, 1.165) is 12.1 Å². The highest BCUT2D eigenvalue weighted by molar-refractivity contribution is 5.79. The average Bonchev–Trinajstić information content (AvgIpc) is 2.36. The van der Waals surface area contributed by atoms with E-state index in [1.807, 2.05) is 13.8 Å². The Labute approximate surface area is 115 Å². The molecule has 20 heavy (non-hydrogen) atoms. The standard InChI is InChI=1S/C13H17F4N3/c1-3-18-12(19-4-2)20-8-9-5-6-10(14)7-11(9)13(15,16)17/h5-7H,3-4,8H2,1-2H3,(H2,18,19,20). The molecule has 0 unspecified atom stereocenters. The SMILES string of the molecule is CCNC(=NCc1ccc(F)cc1C(F)(F)F)NCC. The lowest BCUT2D eigenvalue weighted by Crippen LogP contribution is -2.37. The summed E-state index contributed by atoms with van der Waals surface area (Å²) in [4.78, 5) is 4.05. The van der Waals surface area contributed by atoms with Crippen LogP contribution < -0.4 is 10.6 Å². The van der Waals surface area contributed by atoms with Gasteiger partial charge >= 0.3 is 6.18 Å². The molecule has 0 saturated carbocycles. The Morgan fingerprint density at radius 2 is 1.75 bits per heavy atom. The molecule has 0 aromatic heterocycles. The Morgan fingerprint density at radius 3 is 2.25 bits per heavy atom. The monoisotopic (exact) mass is 291 g/mol. The van der Waals surface area contributed by atoms with Gasteiger partial charge in [0.2, 0.25) is 0 Å². The third kappa shape index (κ3) is 4.71. The first-order valence-electron chi connectivity index (χ1n) is 6.26. The topological polar surface area (TPSA) is 36.4 Å². The number of rotatable bonds is 4. The van der Waals surface area contributed by atoms with E-state index in [9.17, 15) is 17.6 Å². The minimum atomic E-state index is -4.59. The Bertz CT molecular complexity index is 461. The van der Waals surface area contributed by atoms with Gasteiger partial charge in [-0.2, -0.15) is 13.2 Å². The zero-order valence-electron chi connectivity index (χ0n) is 11.3. The van der Waals surface area contributed by atoms with Crippen molar-refractivity contribution < 1.29 is 17.6 Å². The van der Waals surface area contributed by atoms with Crippen molar-refractivity contribution in [3.63, 3.8) is 0 Å². The summed E-state index contributed by atoms with van der Waals surface area (Å²) in [6, 6.07) is 2.60. The van der Waals surface area contributed by atoms with Crippen molar-refractivity contribution in [2.24, 2.45) is 4.99 Å². The van der Waals surface area contributed by atoms with E-state index in [2.05, 4.69) is 15.6 Å². The third-order valence-corrected chi connectivity index (χ3v) is 2.47. The van der Waals surface area contributed by atoms with Gasteiger partial charge in [0.05, 0.1) is 12.1 Å². The van der Waals surface area contributed by atoms with Crippen LogP contribution in [-0.4, -0.2) is 19.0 Å². The van der Waals surface area contributed by atoms with Crippen LogP contribution in [0.2, 0.25) is 0 Å². The van der Waals surface area contributed by atoms with Crippen molar-refractivity contribution in [1.29, 1.82) is 0 Å². The molecule has 7 heteroatoms. The zero-order valence-corrected chi connectivity index (χ0v) is 11.3. The molecule has 0 aliphatic carbocycles. The van der Waals surface area contributed by atoms with Crippen LogP contribution in [0.5, 0.6) is 0 Å². The predicted octanol–water partition coefficient (Wildman–Crippen LogP) is 2.92. The second kappa shape index (κ2) is 7.12. The fourth-order valence-corrected chi connectivity index (χ4v) is 1.62. The third-order valence-electron chi connectivity index (χ3n) is 2.47. The minimum Gasteiger partial charge on any atom is -0.357 e. The van der Waals surface area contributed by atoms with Crippen molar-refractivity contribution in [2.45, 2.75) is 26.6 Å². The van der Waals surface area contributed by atoms with Crippen LogP contribution in [0.4, 0.5) is 17.6 Å². The predicted molar refractivity (Wildman–Crippen MR) is 69.9 cm³/mol. The molecule has 0 saturated heterocycles. The number of hydrogen-bond acceptors (Lipinski definition) is 1. The first-order valence-corrected chi connectivity index (χ1v) is 6.26. The molecule has 0 bridgehead atoms. The molecule has 0 atom stereocenters. The van der Waals surface area contributed by atoms with Crippen LogP contribution in [0.25, 0.3) is 0 Å². The molecule has 0 amide bonds. The molecule has 1 rings (SSSR count). The number of guanidine groups is 1. The molecule has 3 nitrogen and oxygen atoms in total. The van der Waals surface area contributed by atoms with Crippen LogP contribution in [0, 0.1) is 5.82 Å². The number of nitrogens with zero attached hydrogens (tertiary/aromatic N) is 1. The molecule has 0 aliphatic heterocycles. The van der Waals surface area contributed by atoms with Crippen LogP contribution in [0.15, 0.2) is 23.2 Å². The number of nitrogens with one attached hydrogen (secondary N) is 2. The van der Waals surface area contributed by atoms with Gasteiger partial charge in [-0.1, -0.05) is 6.07 Å². The molecule has 0 radical (unpaired) electrons. The van der Waals surface area contributed by atoms with Gasteiger partial charge in [-0.25, -0.2) is 9.38 Å². The number of alkyl halides is 3. The van der Waals surface area contributed by atoms with Gasteiger partial charge in [0.25, 0.3) is 0 Å². The first-order chi connectivity index (χ1) is 9.38. The number of halogens is 4. The maximum Gasteiger partial charge on any atom is 0.416 e. The van der Waals surface area contributed by atoms with Gasteiger partial charge in [0.1, 0.15) is 5.82 Å². The van der Waals surface area contributed by atoms with Gasteiger partial charge in [-0.3, -0.25) is 0 Å². The van der Waals surface area contributed by atoms with E-state index in [4.69, 9.17) is 0 Å². The quantitative estimate of drug-likeness (QED) is 0.508. The minimum absolute atomic E-state index is 0.0628. The molecule has 1 aromatic carbocycles. The molecule has 0 spiro atoms. The smallest absolute Gasteiger partial charge is 0.357 e. The van der Waals surface area contributed by atoms with Crippen LogP contribution >= 0.6 is 0 Å². The van der Waals surface area contributed by atoms with Gasteiger partial charge in [-0.15, -0.1) is 0 Å². The van der Waals surface area contributed by atoms with Gasteiger partial charge in [-0.05, 0) is 31.5 Å². The van der Waals surface area contributed by atoms with E-state index >= 15 is 0 Å². The maximum atomic E-state index is 13.0. The molecule has 112 valence electrons. The summed E-state index contributed by atoms with van der Waals surface area (Å²) < 4.78 is 51.4. The van der Waals surface area contributed by atoms with Crippen LogP contribution in [0.3, 0.4) is 0 Å². The van der Waals surface area contributed by atoms with Gasteiger partial charge in [0.15, 0.2) is 5.96 Å². The maximum absolute atomic E-state index is 13.0. The van der Waals surface area contributed by atoms with E-state index < -0.39 is 17.6 Å². The van der Waals surface area contributed by atoms with E-state index in [0.29, 0.717) is 25.1 Å². The Balaban J connectivity index is 2.99. The number of benzene rings is 1. The Kier molecular flexibility index (Phi) is 5.79. The lowest BCUT2D eigenvalue weighted by atomic mass is 10.1. The van der Waals surface area contributed by atoms with Gasteiger partial charge < -0.3 is 10.6 Å². The lowest BCUT2D eigenvalue weighted by Gasteiger charge is -2.13. The summed E-state index contributed by atoms with van der Waals surface area (Å²) in [5.74, 6) is -0.490. The Hall–Kier alpha value is -1.79. The summed E-state index contributed by atoms with van der Waals surface area (Å²) in [5, 5.41) is 5.81. The van der Waals surface area contributed by atoms with Crippen molar-refractivity contribution in [2.75, 3.05) is 13.1 Å². The summed E-state index contributed by atoms with van der Waals surface area (Å²) in [6.45, 7) is 4.73. The zero-order chi connectivity index (χ0) is 15.2. The summed E-state index contributed by atoms with van der Waals surface area (Å²) in [6.07, 6.45) is -4.59. The van der Waals surface area contributed by atoms with Crippen LogP contribution in [0.1, 0.15) is 25.0 Å². The van der Waals surface area contributed by atoms with Gasteiger partial charge in [0, 0.05) is 13.1 Å². The molecular weight excluding hydrogens is 274 g/mol. The highest BCUT2D eigenvalue weighted by Crippen LogP contribution is 2.32. The number of hydrogen-bond donors (Lipinski definition) is 2. The largest absolute Gasteiger partial charge is 0.416 e. The highest BCUT2D eigenvalue weighted by Gasteiger charge is 2.33. The average molecular weight is 291 g/mol. The van der Waals surface area contributed by atoms with Crippen molar-refractivity contribution in [3.8, 4) is 0 Å². The van der Waals surface area contributed by atoms with E-state index in [1.54, 1.807) is 0 Å². The second-order valence-corrected chi connectivity index (χ2v) is 4.02. The first kappa shape index (κ1) is 16.3. The van der Waals surface area contributed by atoms with Crippen molar-refractivity contribution in [3.05, 3.63) is 35.1 Å². The molecule has 2 N–H and O–H groups in total. The van der Waals surface area contributed by atoms with Crippen molar-refractivity contribution >= 4 is 5.96 Å². The molecule has 0 fully saturated rings. The summed E-state index contributed by atoms with van der Waals surface area (Å²) in [5.41, 5.74) is -1.05. The van der Waals surface area contributed by atoms with Crippen LogP contribution in [-0.2, 0) is 12.7 Å². The summed E-state index contributed by atoms with van der Waals surface area (Å²) in [7, 11) is 0. The highest BCUT2D eigenvalue weighted by atomic mass is 19.4. The lowest BCUT2D eigenvalue weighted by molar-refractivity contribution is -0.138. The molecule has 0 aliphatic rings. The molecule has 1 aromatic rings. The molecular formula is C13H17F4N3.